The summed E-state index contributed by atoms with van der Waals surface area (Å²) in [6.45, 7) is 3.41. The van der Waals surface area contributed by atoms with Crippen molar-refractivity contribution in [2.45, 2.75) is 25.8 Å². The molecule has 1 unspecified atom stereocenters. The lowest BCUT2D eigenvalue weighted by Crippen LogP contribution is -2.48. The minimum Gasteiger partial charge on any atom is -0.493 e. The van der Waals surface area contributed by atoms with Gasteiger partial charge < -0.3 is 19.7 Å². The van der Waals surface area contributed by atoms with E-state index in [9.17, 15) is 4.79 Å². The fraction of sp³-hybridized carbons (Fsp3) is 0.429. The van der Waals surface area contributed by atoms with Crippen LogP contribution in [0.4, 0.5) is 5.82 Å². The van der Waals surface area contributed by atoms with E-state index in [0.29, 0.717) is 23.7 Å². The highest BCUT2D eigenvalue weighted by atomic mass is 16.5. The van der Waals surface area contributed by atoms with Crippen LogP contribution in [0.2, 0.25) is 0 Å². The van der Waals surface area contributed by atoms with E-state index in [1.807, 2.05) is 19.1 Å². The molecule has 158 valence electrons. The van der Waals surface area contributed by atoms with Crippen LogP contribution in [-0.4, -0.2) is 59.0 Å². The molecule has 3 heterocycles. The van der Waals surface area contributed by atoms with E-state index in [4.69, 9.17) is 9.47 Å². The lowest BCUT2D eigenvalue weighted by molar-refractivity contribution is 0.0923. The van der Waals surface area contributed by atoms with Gasteiger partial charge in [0.05, 0.1) is 25.4 Å². The van der Waals surface area contributed by atoms with E-state index < -0.39 is 0 Å². The maximum absolute atomic E-state index is 12.7. The van der Waals surface area contributed by atoms with Crippen LogP contribution in [0.15, 0.2) is 24.5 Å². The first-order valence-corrected chi connectivity index (χ1v) is 9.93. The fourth-order valence-electron chi connectivity index (χ4n) is 3.99. The topological polar surface area (TPSA) is 94.4 Å². The number of fused-ring (bicyclic) bond motifs is 1. The second-order valence-corrected chi connectivity index (χ2v) is 7.47. The average molecular weight is 410 g/mol. The predicted molar refractivity (Wildman–Crippen MR) is 113 cm³/mol. The second kappa shape index (κ2) is 8.17. The van der Waals surface area contributed by atoms with Gasteiger partial charge in [0.2, 0.25) is 0 Å². The Labute approximate surface area is 175 Å². The largest absolute Gasteiger partial charge is 0.493 e. The zero-order chi connectivity index (χ0) is 21.3. The molecule has 0 aliphatic carbocycles. The van der Waals surface area contributed by atoms with Gasteiger partial charge in [0.25, 0.3) is 5.91 Å². The van der Waals surface area contributed by atoms with E-state index in [2.05, 4.69) is 25.3 Å². The number of rotatable bonds is 5. The minimum absolute atomic E-state index is 0.0200. The highest BCUT2D eigenvalue weighted by Gasteiger charge is 2.25. The average Bonchev–Trinajstić information content (AvgIpc) is 3.10. The molecule has 1 aliphatic rings. The van der Waals surface area contributed by atoms with Crippen LogP contribution in [0.3, 0.4) is 0 Å². The third-order valence-corrected chi connectivity index (χ3v) is 5.41. The van der Waals surface area contributed by atoms with E-state index in [1.165, 1.54) is 0 Å². The van der Waals surface area contributed by atoms with Crippen molar-refractivity contribution in [1.82, 2.24) is 25.1 Å². The van der Waals surface area contributed by atoms with Crippen molar-refractivity contribution in [3.05, 3.63) is 35.9 Å². The highest BCUT2D eigenvalue weighted by molar-refractivity contribution is 5.93. The van der Waals surface area contributed by atoms with E-state index >= 15 is 0 Å². The van der Waals surface area contributed by atoms with Crippen molar-refractivity contribution in [2.24, 2.45) is 7.05 Å². The van der Waals surface area contributed by atoms with Crippen molar-refractivity contribution in [1.29, 1.82) is 0 Å². The smallest absolute Gasteiger partial charge is 0.269 e. The summed E-state index contributed by atoms with van der Waals surface area (Å²) in [7, 11) is 5.00. The van der Waals surface area contributed by atoms with Gasteiger partial charge in [0.15, 0.2) is 11.5 Å². The number of nitrogens with zero attached hydrogens (tertiary/aromatic N) is 5. The monoisotopic (exact) mass is 410 g/mol. The van der Waals surface area contributed by atoms with Crippen LogP contribution in [0, 0.1) is 6.92 Å². The van der Waals surface area contributed by atoms with Crippen LogP contribution in [0.1, 0.15) is 29.0 Å². The summed E-state index contributed by atoms with van der Waals surface area (Å²) in [5, 5.41) is 8.30. The van der Waals surface area contributed by atoms with Gasteiger partial charge in [-0.25, -0.2) is 9.97 Å². The van der Waals surface area contributed by atoms with Crippen molar-refractivity contribution in [3.63, 3.8) is 0 Å². The molecule has 4 rings (SSSR count). The Bertz CT molecular complexity index is 1080. The standard InChI is InChI=1S/C21H26N6O3/c1-13-8-17(26(2)25-13)21(28)24-14-6-5-7-27(11-14)20-15-9-18(29-3)19(30-4)10-16(15)22-12-23-20/h8-10,12,14H,5-7,11H2,1-4H3,(H,24,28). The molecule has 0 bridgehead atoms. The number of anilines is 1. The number of carbonyl (C=O) groups is 1. The molecule has 30 heavy (non-hydrogen) atoms. The van der Waals surface area contributed by atoms with Gasteiger partial charge in [-0.2, -0.15) is 5.10 Å². The number of ether oxygens (including phenoxy) is 2. The molecule has 1 saturated heterocycles. The van der Waals surface area contributed by atoms with Gasteiger partial charge in [0, 0.05) is 37.6 Å². The third kappa shape index (κ3) is 3.74. The molecule has 0 radical (unpaired) electrons. The molecule has 0 spiro atoms. The fourth-order valence-corrected chi connectivity index (χ4v) is 3.99. The van der Waals surface area contributed by atoms with Crippen LogP contribution in [0.5, 0.6) is 11.5 Å². The lowest BCUT2D eigenvalue weighted by Gasteiger charge is -2.34. The molecule has 1 fully saturated rings. The number of methoxy groups -OCH3 is 2. The number of hydrogen-bond acceptors (Lipinski definition) is 7. The molecule has 1 amide bonds. The predicted octanol–water partition coefficient (Wildman–Crippen LogP) is 2.09. The van der Waals surface area contributed by atoms with Crippen LogP contribution in [0.25, 0.3) is 10.9 Å². The number of aromatic nitrogens is 4. The number of carbonyl (C=O) groups excluding carboxylic acids is 1. The maximum Gasteiger partial charge on any atom is 0.269 e. The Morgan fingerprint density at radius 1 is 1.17 bits per heavy atom. The van der Waals surface area contributed by atoms with Gasteiger partial charge in [-0.1, -0.05) is 0 Å². The number of hydrogen-bond donors (Lipinski definition) is 1. The first kappa shape index (κ1) is 19.9. The maximum atomic E-state index is 12.7. The van der Waals surface area contributed by atoms with Crippen LogP contribution >= 0.6 is 0 Å². The third-order valence-electron chi connectivity index (χ3n) is 5.41. The summed E-state index contributed by atoms with van der Waals surface area (Å²) in [6.07, 6.45) is 3.43. The first-order chi connectivity index (χ1) is 14.5. The molecule has 9 nitrogen and oxygen atoms in total. The Morgan fingerprint density at radius 3 is 2.63 bits per heavy atom. The number of piperidine rings is 1. The molecule has 2 aromatic heterocycles. The Morgan fingerprint density at radius 2 is 1.93 bits per heavy atom. The van der Waals surface area contributed by atoms with Crippen LogP contribution in [-0.2, 0) is 7.05 Å². The second-order valence-electron chi connectivity index (χ2n) is 7.47. The summed E-state index contributed by atoms with van der Waals surface area (Å²) >= 11 is 0. The molecule has 1 atom stereocenters. The van der Waals surface area contributed by atoms with Gasteiger partial charge in [0.1, 0.15) is 17.8 Å². The van der Waals surface area contributed by atoms with E-state index in [1.54, 1.807) is 38.3 Å². The minimum atomic E-state index is -0.107. The number of benzene rings is 1. The molecule has 0 saturated carbocycles. The Hall–Kier alpha value is -3.36. The lowest BCUT2D eigenvalue weighted by atomic mass is 10.0. The van der Waals surface area contributed by atoms with Crippen molar-refractivity contribution in [3.8, 4) is 11.5 Å². The molecule has 1 aliphatic heterocycles. The van der Waals surface area contributed by atoms with Crippen molar-refractivity contribution < 1.29 is 14.3 Å². The molecular formula is C21H26N6O3. The molecule has 9 heteroatoms. The SMILES string of the molecule is COc1cc2ncnc(N3CCCC(NC(=O)c4cc(C)nn4C)C3)c2cc1OC. The summed E-state index contributed by atoms with van der Waals surface area (Å²) in [5.74, 6) is 1.99. The first-order valence-electron chi connectivity index (χ1n) is 9.93. The van der Waals surface area contributed by atoms with Crippen molar-refractivity contribution >= 4 is 22.6 Å². The Balaban J connectivity index is 1.58. The van der Waals surface area contributed by atoms with Gasteiger partial charge in [-0.05, 0) is 31.9 Å². The summed E-state index contributed by atoms with van der Waals surface area (Å²) < 4.78 is 12.5. The molecular weight excluding hydrogens is 384 g/mol. The van der Waals surface area contributed by atoms with Gasteiger partial charge in [-0.15, -0.1) is 0 Å². The van der Waals surface area contributed by atoms with E-state index in [-0.39, 0.29) is 11.9 Å². The van der Waals surface area contributed by atoms with Gasteiger partial charge in [-0.3, -0.25) is 9.48 Å². The van der Waals surface area contributed by atoms with Crippen molar-refractivity contribution in [2.75, 3.05) is 32.2 Å². The highest BCUT2D eigenvalue weighted by Crippen LogP contribution is 2.35. The zero-order valence-corrected chi connectivity index (χ0v) is 17.7. The van der Waals surface area contributed by atoms with E-state index in [0.717, 1.165) is 41.8 Å². The summed E-state index contributed by atoms with van der Waals surface area (Å²) in [4.78, 5) is 23.8. The molecule has 3 aromatic rings. The normalized spacial score (nSPS) is 16.5. The number of amides is 1. The quantitative estimate of drug-likeness (QED) is 0.688. The molecule has 1 N–H and O–H groups in total. The zero-order valence-electron chi connectivity index (χ0n) is 17.7. The van der Waals surface area contributed by atoms with Gasteiger partial charge >= 0.3 is 0 Å². The summed E-state index contributed by atoms with van der Waals surface area (Å²) in [5.41, 5.74) is 2.17. The molecule has 1 aromatic carbocycles. The summed E-state index contributed by atoms with van der Waals surface area (Å²) in [6, 6.07) is 5.58. The number of aryl methyl sites for hydroxylation is 2. The number of nitrogens with one attached hydrogen (secondary N) is 1. The Kier molecular flexibility index (Phi) is 5.43. The van der Waals surface area contributed by atoms with Crippen LogP contribution < -0.4 is 19.7 Å².